The zero-order valence-electron chi connectivity index (χ0n) is 13.7. The maximum atomic E-state index is 12.6. The second-order valence-corrected chi connectivity index (χ2v) is 6.08. The van der Waals surface area contributed by atoms with Crippen LogP contribution in [0.2, 0.25) is 0 Å². The van der Waals surface area contributed by atoms with E-state index in [1.54, 1.807) is 0 Å². The van der Waals surface area contributed by atoms with Gasteiger partial charge in [0.2, 0.25) is 0 Å². The zero-order chi connectivity index (χ0) is 16.2. The zero-order valence-corrected chi connectivity index (χ0v) is 14.5. The Morgan fingerprint density at radius 2 is 1.75 bits per heavy atom. The summed E-state index contributed by atoms with van der Waals surface area (Å²) in [6.45, 7) is 3.47. The number of carbonyl (C=O) groups excluding carboxylic acids is 1. The van der Waals surface area contributed by atoms with Gasteiger partial charge in [-0.2, -0.15) is 0 Å². The Bertz CT molecular complexity index is 661. The van der Waals surface area contributed by atoms with Crippen molar-refractivity contribution in [2.75, 3.05) is 13.1 Å². The first-order chi connectivity index (χ1) is 11.2. The fourth-order valence-corrected chi connectivity index (χ4v) is 3.05. The van der Waals surface area contributed by atoms with Gasteiger partial charge in [0.15, 0.2) is 0 Å². The molecule has 2 atom stereocenters. The number of ether oxygens (including phenoxy) is 1. The molecule has 0 aliphatic carbocycles. The molecule has 4 nitrogen and oxygen atoms in total. The van der Waals surface area contributed by atoms with Crippen LogP contribution in [0.25, 0.3) is 0 Å². The molecule has 0 saturated carbocycles. The van der Waals surface area contributed by atoms with Crippen molar-refractivity contribution < 1.29 is 9.53 Å². The smallest absolute Gasteiger partial charge is 0.254 e. The Morgan fingerprint density at radius 1 is 1.12 bits per heavy atom. The van der Waals surface area contributed by atoms with Gasteiger partial charge in [-0.1, -0.05) is 18.2 Å². The summed E-state index contributed by atoms with van der Waals surface area (Å²) in [5.41, 5.74) is 6.43. The minimum absolute atomic E-state index is 0. The third-order valence-electron chi connectivity index (χ3n) is 4.34. The average molecular weight is 347 g/mol. The van der Waals surface area contributed by atoms with Gasteiger partial charge >= 0.3 is 0 Å². The number of para-hydroxylation sites is 1. The molecule has 2 aromatic rings. The van der Waals surface area contributed by atoms with Crippen molar-refractivity contribution >= 4 is 18.3 Å². The summed E-state index contributed by atoms with van der Waals surface area (Å²) >= 11 is 0. The standard InChI is InChI=1S/C19H22N2O2.ClH/c1-14-11-15(12-20)13-21(14)19(22)16-7-9-18(10-8-16)23-17-5-3-2-4-6-17;/h2-10,14-15H,11-13,20H2,1H3;1H. The number of hydrogen-bond acceptors (Lipinski definition) is 3. The minimum atomic E-state index is 0. The van der Waals surface area contributed by atoms with Crippen molar-refractivity contribution in [1.29, 1.82) is 0 Å². The summed E-state index contributed by atoms with van der Waals surface area (Å²) in [7, 11) is 0. The maximum Gasteiger partial charge on any atom is 0.254 e. The van der Waals surface area contributed by atoms with Crippen molar-refractivity contribution in [3.8, 4) is 11.5 Å². The number of nitrogens with zero attached hydrogens (tertiary/aromatic N) is 1. The molecule has 5 heteroatoms. The molecule has 24 heavy (non-hydrogen) atoms. The van der Waals surface area contributed by atoms with E-state index in [-0.39, 0.29) is 24.4 Å². The molecule has 2 aromatic carbocycles. The van der Waals surface area contributed by atoms with E-state index < -0.39 is 0 Å². The molecule has 1 amide bonds. The first-order valence-corrected chi connectivity index (χ1v) is 8.01. The molecule has 0 spiro atoms. The number of nitrogens with two attached hydrogens (primary N) is 1. The lowest BCUT2D eigenvalue weighted by molar-refractivity contribution is 0.0743. The average Bonchev–Trinajstić information content (AvgIpc) is 2.97. The molecule has 1 aliphatic heterocycles. The number of amides is 1. The number of hydrogen-bond donors (Lipinski definition) is 1. The van der Waals surface area contributed by atoms with Crippen molar-refractivity contribution in [3.63, 3.8) is 0 Å². The van der Waals surface area contributed by atoms with E-state index in [0.717, 1.165) is 24.5 Å². The fraction of sp³-hybridized carbons (Fsp3) is 0.316. The summed E-state index contributed by atoms with van der Waals surface area (Å²) in [6.07, 6.45) is 0.984. The van der Waals surface area contributed by atoms with E-state index in [1.807, 2.05) is 59.5 Å². The van der Waals surface area contributed by atoms with Crippen LogP contribution >= 0.6 is 12.4 Å². The maximum absolute atomic E-state index is 12.6. The van der Waals surface area contributed by atoms with Crippen molar-refractivity contribution in [3.05, 3.63) is 60.2 Å². The first kappa shape index (κ1) is 18.3. The largest absolute Gasteiger partial charge is 0.457 e. The Kier molecular flexibility index (Phi) is 6.23. The van der Waals surface area contributed by atoms with Crippen molar-refractivity contribution in [1.82, 2.24) is 4.90 Å². The molecule has 0 bridgehead atoms. The van der Waals surface area contributed by atoms with Crippen LogP contribution in [-0.2, 0) is 0 Å². The summed E-state index contributed by atoms with van der Waals surface area (Å²) in [5, 5.41) is 0. The molecular weight excluding hydrogens is 324 g/mol. The molecule has 0 radical (unpaired) electrons. The fourth-order valence-electron chi connectivity index (χ4n) is 3.05. The van der Waals surface area contributed by atoms with Crippen LogP contribution in [0.1, 0.15) is 23.7 Å². The predicted molar refractivity (Wildman–Crippen MR) is 97.9 cm³/mol. The molecule has 0 aromatic heterocycles. The van der Waals surface area contributed by atoms with Gasteiger partial charge < -0.3 is 15.4 Å². The summed E-state index contributed by atoms with van der Waals surface area (Å²) in [5.74, 6) is 1.99. The molecular formula is C19H23ClN2O2. The van der Waals surface area contributed by atoms with Gasteiger partial charge in [-0.3, -0.25) is 4.79 Å². The molecule has 1 heterocycles. The third kappa shape index (κ3) is 4.08. The number of likely N-dealkylation sites (tertiary alicyclic amines) is 1. The molecule has 2 N–H and O–H groups in total. The Labute approximate surface area is 149 Å². The van der Waals surface area contributed by atoms with E-state index in [2.05, 4.69) is 6.92 Å². The number of benzene rings is 2. The Morgan fingerprint density at radius 3 is 2.33 bits per heavy atom. The van der Waals surface area contributed by atoms with Gasteiger partial charge in [0, 0.05) is 18.2 Å². The van der Waals surface area contributed by atoms with Crippen LogP contribution < -0.4 is 10.5 Å². The highest BCUT2D eigenvalue weighted by Crippen LogP contribution is 2.26. The topological polar surface area (TPSA) is 55.6 Å². The highest BCUT2D eigenvalue weighted by molar-refractivity contribution is 5.94. The van der Waals surface area contributed by atoms with Gasteiger partial charge in [-0.05, 0) is 62.2 Å². The summed E-state index contributed by atoms with van der Waals surface area (Å²) in [4.78, 5) is 14.6. The quantitative estimate of drug-likeness (QED) is 0.918. The molecule has 1 saturated heterocycles. The molecule has 1 fully saturated rings. The van der Waals surface area contributed by atoms with Crippen molar-refractivity contribution in [2.24, 2.45) is 11.7 Å². The van der Waals surface area contributed by atoms with Gasteiger partial charge in [0.05, 0.1) is 0 Å². The van der Waals surface area contributed by atoms with Gasteiger partial charge in [0.25, 0.3) is 5.91 Å². The molecule has 2 unspecified atom stereocenters. The Balaban J connectivity index is 0.00000208. The van der Waals surface area contributed by atoms with Crippen LogP contribution in [-0.4, -0.2) is 29.9 Å². The van der Waals surface area contributed by atoms with Crippen LogP contribution in [0.15, 0.2) is 54.6 Å². The van der Waals surface area contributed by atoms with E-state index in [1.165, 1.54) is 0 Å². The lowest BCUT2D eigenvalue weighted by atomic mass is 10.1. The highest BCUT2D eigenvalue weighted by Gasteiger charge is 2.31. The Hall–Kier alpha value is -2.04. The van der Waals surface area contributed by atoms with Gasteiger partial charge in [-0.15, -0.1) is 12.4 Å². The third-order valence-corrected chi connectivity index (χ3v) is 4.34. The number of carbonyl (C=O) groups is 1. The number of halogens is 1. The van der Waals surface area contributed by atoms with E-state index in [9.17, 15) is 4.79 Å². The minimum Gasteiger partial charge on any atom is -0.457 e. The SMILES string of the molecule is CC1CC(CN)CN1C(=O)c1ccc(Oc2ccccc2)cc1.Cl. The van der Waals surface area contributed by atoms with E-state index >= 15 is 0 Å². The van der Waals surface area contributed by atoms with Gasteiger partial charge in [0.1, 0.15) is 11.5 Å². The summed E-state index contributed by atoms with van der Waals surface area (Å²) in [6, 6.07) is 17.2. The monoisotopic (exact) mass is 346 g/mol. The van der Waals surface area contributed by atoms with Crippen LogP contribution in [0.4, 0.5) is 0 Å². The lowest BCUT2D eigenvalue weighted by Crippen LogP contribution is -2.34. The first-order valence-electron chi connectivity index (χ1n) is 8.01. The highest BCUT2D eigenvalue weighted by atomic mass is 35.5. The summed E-state index contributed by atoms with van der Waals surface area (Å²) < 4.78 is 5.75. The van der Waals surface area contributed by atoms with Crippen LogP contribution in [0.3, 0.4) is 0 Å². The predicted octanol–water partition coefficient (Wildman–Crippen LogP) is 3.71. The number of rotatable bonds is 4. The van der Waals surface area contributed by atoms with Gasteiger partial charge in [-0.25, -0.2) is 0 Å². The van der Waals surface area contributed by atoms with E-state index in [0.29, 0.717) is 18.0 Å². The second-order valence-electron chi connectivity index (χ2n) is 6.08. The normalized spacial score (nSPS) is 19.7. The molecule has 3 rings (SSSR count). The second kappa shape index (κ2) is 8.18. The van der Waals surface area contributed by atoms with Crippen LogP contribution in [0.5, 0.6) is 11.5 Å². The van der Waals surface area contributed by atoms with Crippen LogP contribution in [0, 0.1) is 5.92 Å². The van der Waals surface area contributed by atoms with Crippen molar-refractivity contribution in [2.45, 2.75) is 19.4 Å². The van der Waals surface area contributed by atoms with E-state index in [4.69, 9.17) is 10.5 Å². The molecule has 1 aliphatic rings. The molecule has 128 valence electrons. The lowest BCUT2D eigenvalue weighted by Gasteiger charge is -2.21.